The van der Waals surface area contributed by atoms with E-state index < -0.39 is 13.0 Å². The molecule has 1 aromatic carbocycles. The van der Waals surface area contributed by atoms with Gasteiger partial charge in [0.05, 0.1) is 6.04 Å². The lowest BCUT2D eigenvalue weighted by Gasteiger charge is -2.09. The van der Waals surface area contributed by atoms with Gasteiger partial charge < -0.3 is 14.8 Å². The first-order valence-corrected chi connectivity index (χ1v) is 4.58. The van der Waals surface area contributed by atoms with Crippen LogP contribution in [-0.2, 0) is 0 Å². The topological polar surface area (TPSA) is 47.6 Å². The first-order chi connectivity index (χ1) is 8.37. The van der Waals surface area contributed by atoms with E-state index in [4.69, 9.17) is 13.6 Å². The highest BCUT2D eigenvalue weighted by molar-refractivity contribution is 6.00. The van der Waals surface area contributed by atoms with Crippen molar-refractivity contribution in [2.24, 2.45) is 0 Å². The Morgan fingerprint density at radius 2 is 2.33 bits per heavy atom. The molecule has 0 saturated carbocycles. The molecule has 0 fully saturated rings. The number of ketones is 1. The Morgan fingerprint density at radius 3 is 3.13 bits per heavy atom. The van der Waals surface area contributed by atoms with Gasteiger partial charge in [0.25, 0.3) is 0 Å². The average Bonchev–Trinajstić information content (AvgIpc) is 2.72. The van der Waals surface area contributed by atoms with E-state index in [0.29, 0.717) is 17.1 Å². The van der Waals surface area contributed by atoms with E-state index in [9.17, 15) is 4.79 Å². The number of carbonyl (C=O) groups excluding carboxylic acids is 1. The lowest BCUT2D eigenvalue weighted by atomic mass is 10.1. The van der Waals surface area contributed by atoms with E-state index in [1.54, 1.807) is 18.2 Å². The summed E-state index contributed by atoms with van der Waals surface area (Å²) in [5, 5.41) is 2.26. The number of rotatable bonds is 3. The molecule has 1 unspecified atom stereocenters. The van der Waals surface area contributed by atoms with Crippen molar-refractivity contribution in [3.63, 3.8) is 0 Å². The molecule has 0 bridgehead atoms. The minimum absolute atomic E-state index is 0.135. The largest absolute Gasteiger partial charge is 0.454 e. The molecule has 1 heterocycles. The Labute approximate surface area is 92.4 Å². The van der Waals surface area contributed by atoms with Gasteiger partial charge in [-0.15, -0.1) is 0 Å². The molecule has 4 heteroatoms. The van der Waals surface area contributed by atoms with E-state index in [1.807, 2.05) is 0 Å². The highest BCUT2D eigenvalue weighted by Gasteiger charge is 2.18. The first kappa shape index (κ1) is 6.85. The van der Waals surface area contributed by atoms with Crippen molar-refractivity contribution in [3.8, 4) is 11.5 Å². The molecule has 0 radical (unpaired) electrons. The van der Waals surface area contributed by atoms with Gasteiger partial charge in [0.15, 0.2) is 17.3 Å². The quantitative estimate of drug-likeness (QED) is 0.603. The zero-order chi connectivity index (χ0) is 13.3. The Bertz CT molecular complexity index is 473. The van der Waals surface area contributed by atoms with Gasteiger partial charge in [-0.3, -0.25) is 4.79 Å². The molecule has 2 rings (SSSR count). The van der Waals surface area contributed by atoms with Crippen molar-refractivity contribution in [1.82, 2.24) is 5.32 Å². The van der Waals surface area contributed by atoms with Crippen molar-refractivity contribution in [1.29, 1.82) is 0 Å². The fourth-order valence-corrected chi connectivity index (χ4v) is 1.37. The Balaban J connectivity index is 2.14. The number of carbonyl (C=O) groups is 1. The second kappa shape index (κ2) is 3.90. The summed E-state index contributed by atoms with van der Waals surface area (Å²) in [6, 6.07) is 3.99. The normalized spacial score (nSPS) is 18.9. The summed E-state index contributed by atoms with van der Waals surface area (Å²) < 4.78 is 31.5. The summed E-state index contributed by atoms with van der Waals surface area (Å²) >= 11 is 0. The van der Waals surface area contributed by atoms with Gasteiger partial charge in [-0.05, 0) is 32.1 Å². The van der Waals surface area contributed by atoms with Crippen LogP contribution in [0.1, 0.15) is 21.4 Å². The molecule has 1 atom stereocenters. The zero-order valence-electron chi connectivity index (χ0n) is 11.2. The molecule has 0 aromatic heterocycles. The number of hydrogen-bond acceptors (Lipinski definition) is 4. The Kier molecular flexibility index (Phi) is 1.78. The standard InChI is InChI=1S/C11H13NO3/c1-7(12-2)11(13)8-3-4-9-10(5-8)15-6-14-9/h3-5,7,12H,6H2,1-2H3/i2+1D3. The Hall–Kier alpha value is -1.55. The van der Waals surface area contributed by atoms with Crippen LogP contribution in [0, 0.1) is 0 Å². The summed E-state index contributed by atoms with van der Waals surface area (Å²) in [5.74, 6) is 0.786. The number of fused-ring (bicyclic) bond motifs is 1. The molecule has 0 saturated heterocycles. The monoisotopic (exact) mass is 211 g/mol. The molecular formula is C11H13NO3. The SMILES string of the molecule is [2H][13C]([2H])([2H])NC(C)C(=O)c1ccc2c(c1)OCO2. The predicted octanol–water partition coefficient (Wildman–Crippen LogP) is 1.21. The van der Waals surface area contributed by atoms with Crippen LogP contribution >= 0.6 is 0 Å². The number of nitrogens with one attached hydrogen (secondary N) is 1. The van der Waals surface area contributed by atoms with Crippen molar-refractivity contribution in [2.45, 2.75) is 13.0 Å². The molecule has 1 aliphatic heterocycles. The predicted molar refractivity (Wildman–Crippen MR) is 55.4 cm³/mol. The molecule has 4 nitrogen and oxygen atoms in total. The molecular weight excluding hydrogens is 195 g/mol. The molecule has 1 aromatic rings. The van der Waals surface area contributed by atoms with Gasteiger partial charge >= 0.3 is 0 Å². The van der Waals surface area contributed by atoms with Crippen LogP contribution in [-0.4, -0.2) is 25.6 Å². The molecule has 15 heavy (non-hydrogen) atoms. The number of benzene rings is 1. The Morgan fingerprint density at radius 1 is 1.53 bits per heavy atom. The van der Waals surface area contributed by atoms with Crippen LogP contribution in [0.15, 0.2) is 18.2 Å². The van der Waals surface area contributed by atoms with Crippen LogP contribution in [0.25, 0.3) is 0 Å². The average molecular weight is 211 g/mol. The van der Waals surface area contributed by atoms with Crippen LogP contribution < -0.4 is 14.8 Å². The van der Waals surface area contributed by atoms with Gasteiger partial charge in [0.2, 0.25) is 6.79 Å². The summed E-state index contributed by atoms with van der Waals surface area (Å²) in [6.07, 6.45) is 0. The second-order valence-corrected chi connectivity index (χ2v) is 3.30. The van der Waals surface area contributed by atoms with Crippen LogP contribution in [0.4, 0.5) is 0 Å². The van der Waals surface area contributed by atoms with Crippen molar-refractivity contribution < 1.29 is 18.4 Å². The van der Waals surface area contributed by atoms with Gasteiger partial charge in [0, 0.05) is 9.68 Å². The lowest BCUT2D eigenvalue weighted by molar-refractivity contribution is 0.0954. The van der Waals surface area contributed by atoms with Crippen molar-refractivity contribution in [3.05, 3.63) is 23.8 Å². The fourth-order valence-electron chi connectivity index (χ4n) is 1.37. The third-order valence-electron chi connectivity index (χ3n) is 2.27. The summed E-state index contributed by atoms with van der Waals surface area (Å²) in [5.41, 5.74) is 0.392. The number of Topliss-reactive ketones (excluding diaryl/α,β-unsaturated/α-hetero) is 1. The molecule has 0 aliphatic carbocycles. The fraction of sp³-hybridized carbons (Fsp3) is 0.364. The molecule has 0 amide bonds. The van der Waals surface area contributed by atoms with Crippen LogP contribution in [0.2, 0.25) is 0 Å². The summed E-state index contributed by atoms with van der Waals surface area (Å²) in [4.78, 5) is 12.0. The van der Waals surface area contributed by atoms with Gasteiger partial charge in [0.1, 0.15) is 0 Å². The van der Waals surface area contributed by atoms with E-state index >= 15 is 0 Å². The summed E-state index contributed by atoms with van der Waals surface area (Å²) in [6.45, 7) is -0.694. The maximum atomic E-state index is 12.0. The number of hydrogen-bond donors (Lipinski definition) is 1. The zero-order valence-corrected chi connectivity index (χ0v) is 8.24. The third-order valence-corrected chi connectivity index (χ3v) is 2.27. The van der Waals surface area contributed by atoms with E-state index in [0.717, 1.165) is 0 Å². The van der Waals surface area contributed by atoms with E-state index in [2.05, 4.69) is 5.32 Å². The highest BCUT2D eigenvalue weighted by Crippen LogP contribution is 2.32. The minimum Gasteiger partial charge on any atom is -0.454 e. The first-order valence-electron chi connectivity index (χ1n) is 6.08. The summed E-state index contributed by atoms with van der Waals surface area (Å²) in [7, 11) is 0. The van der Waals surface area contributed by atoms with Gasteiger partial charge in [-0.1, -0.05) is 0 Å². The van der Waals surface area contributed by atoms with Gasteiger partial charge in [-0.25, -0.2) is 0 Å². The van der Waals surface area contributed by atoms with Gasteiger partial charge in [-0.2, -0.15) is 0 Å². The van der Waals surface area contributed by atoms with Crippen molar-refractivity contribution in [2.75, 3.05) is 13.8 Å². The number of ether oxygens (including phenoxy) is 2. The number of likely N-dealkylation sites (N-methyl/N-ethyl adjacent to an activating group) is 1. The molecule has 1 aliphatic rings. The van der Waals surface area contributed by atoms with E-state index in [-0.39, 0.29) is 12.6 Å². The second-order valence-electron chi connectivity index (χ2n) is 3.30. The molecule has 80 valence electrons. The highest BCUT2D eigenvalue weighted by atomic mass is 16.7. The third kappa shape index (κ3) is 1.80. The van der Waals surface area contributed by atoms with Crippen molar-refractivity contribution >= 4 is 5.78 Å². The minimum atomic E-state index is -2.34. The smallest absolute Gasteiger partial charge is 0.231 e. The van der Waals surface area contributed by atoms with Crippen LogP contribution in [0.3, 0.4) is 0 Å². The maximum Gasteiger partial charge on any atom is 0.231 e. The maximum absolute atomic E-state index is 12.0. The van der Waals surface area contributed by atoms with E-state index in [1.165, 1.54) is 6.92 Å². The molecule has 1 N–H and O–H groups in total. The van der Waals surface area contributed by atoms with Crippen LogP contribution in [0.5, 0.6) is 11.5 Å². The molecule has 0 spiro atoms. The lowest BCUT2D eigenvalue weighted by Crippen LogP contribution is -2.30.